The highest BCUT2D eigenvalue weighted by Gasteiger charge is 2.28. The number of nitrogens with two attached hydrogens (primary N) is 1. The van der Waals surface area contributed by atoms with Crippen LogP contribution in [0.1, 0.15) is 17.5 Å². The molecule has 3 aromatic carbocycles. The third kappa shape index (κ3) is 4.92. The largest absolute Gasteiger partial charge is 0.354 e. The van der Waals surface area contributed by atoms with E-state index in [1.165, 1.54) is 10.6 Å². The van der Waals surface area contributed by atoms with E-state index in [1.54, 1.807) is 24.3 Å². The number of sulfonamides is 1. The molecule has 8 heteroatoms. The van der Waals surface area contributed by atoms with Crippen molar-refractivity contribution in [3.8, 4) is 0 Å². The number of fused-ring (bicyclic) bond motifs is 1. The van der Waals surface area contributed by atoms with Crippen molar-refractivity contribution in [3.63, 3.8) is 0 Å². The van der Waals surface area contributed by atoms with Gasteiger partial charge in [0.15, 0.2) is 0 Å². The van der Waals surface area contributed by atoms with Crippen molar-refractivity contribution >= 4 is 44.3 Å². The number of hydrogen-bond acceptors (Lipinski definition) is 5. The molecule has 0 aliphatic carbocycles. The lowest BCUT2D eigenvalue weighted by Gasteiger charge is -2.22. The fourth-order valence-corrected chi connectivity index (χ4v) is 4.79. The summed E-state index contributed by atoms with van der Waals surface area (Å²) in [5.74, 6) is -0.177. The molecule has 0 radical (unpaired) electrons. The van der Waals surface area contributed by atoms with Crippen LogP contribution in [-0.2, 0) is 14.8 Å². The number of benzene rings is 3. The molecule has 170 valence electrons. The molecule has 33 heavy (non-hydrogen) atoms. The first-order valence-electron chi connectivity index (χ1n) is 10.6. The number of carbonyl (C=O) groups is 1. The number of amides is 1. The van der Waals surface area contributed by atoms with E-state index < -0.39 is 10.0 Å². The summed E-state index contributed by atoms with van der Waals surface area (Å²) < 4.78 is 25.8. The van der Waals surface area contributed by atoms with Gasteiger partial charge >= 0.3 is 0 Å². The Bertz CT molecular complexity index is 1290. The fourth-order valence-electron chi connectivity index (χ4n) is 3.83. The summed E-state index contributed by atoms with van der Waals surface area (Å²) in [6.07, 6.45) is 1.75. The molecule has 3 aromatic rings. The van der Waals surface area contributed by atoms with Gasteiger partial charge in [0.25, 0.3) is 5.91 Å². The molecule has 7 nitrogen and oxygen atoms in total. The second-order valence-corrected chi connectivity index (χ2v) is 9.67. The van der Waals surface area contributed by atoms with Gasteiger partial charge in [-0.05, 0) is 48.9 Å². The number of nitrogens with zero attached hydrogens (tertiary/aromatic N) is 1. The molecule has 0 saturated heterocycles. The molecule has 4 N–H and O–H groups in total. The second kappa shape index (κ2) is 9.48. The summed E-state index contributed by atoms with van der Waals surface area (Å²) in [5, 5.41) is 6.31. The minimum Gasteiger partial charge on any atom is -0.354 e. The molecule has 0 bridgehead atoms. The first kappa shape index (κ1) is 22.6. The van der Waals surface area contributed by atoms with Gasteiger partial charge < -0.3 is 16.4 Å². The van der Waals surface area contributed by atoms with Crippen LogP contribution >= 0.6 is 0 Å². The van der Waals surface area contributed by atoms with E-state index >= 15 is 0 Å². The zero-order valence-corrected chi connectivity index (χ0v) is 19.1. The van der Waals surface area contributed by atoms with Crippen molar-refractivity contribution in [1.82, 2.24) is 0 Å². The van der Waals surface area contributed by atoms with Crippen molar-refractivity contribution < 1.29 is 13.2 Å². The van der Waals surface area contributed by atoms with Gasteiger partial charge in [0, 0.05) is 23.5 Å². The normalized spacial score (nSPS) is 14.4. The van der Waals surface area contributed by atoms with Gasteiger partial charge in [-0.1, -0.05) is 48.5 Å². The van der Waals surface area contributed by atoms with Crippen molar-refractivity contribution in [3.05, 3.63) is 90.0 Å². The van der Waals surface area contributed by atoms with Crippen LogP contribution < -0.4 is 20.7 Å². The third-order valence-corrected chi connectivity index (χ3v) is 6.57. The van der Waals surface area contributed by atoms with Crippen molar-refractivity contribution in [1.29, 1.82) is 0 Å². The molecule has 0 fully saturated rings. The van der Waals surface area contributed by atoms with E-state index in [2.05, 4.69) is 10.6 Å². The summed E-state index contributed by atoms with van der Waals surface area (Å²) in [6.45, 7) is 0.724. The SMILES string of the molecule is CS(=O)(=O)N(CCCN)c1ccc(N/C(=C2\C(=O)Nc3ccccc32)c2ccccc2)cc1. The molecule has 0 atom stereocenters. The molecule has 0 spiro atoms. The van der Waals surface area contributed by atoms with Gasteiger partial charge in [-0.25, -0.2) is 8.42 Å². The van der Waals surface area contributed by atoms with Gasteiger partial charge in [-0.3, -0.25) is 9.10 Å². The molecule has 4 rings (SSSR count). The van der Waals surface area contributed by atoms with Gasteiger partial charge in [0.2, 0.25) is 10.0 Å². The van der Waals surface area contributed by atoms with E-state index in [0.29, 0.717) is 36.5 Å². The minimum absolute atomic E-state index is 0.177. The van der Waals surface area contributed by atoms with Crippen LogP contribution in [0.25, 0.3) is 11.3 Å². The van der Waals surface area contributed by atoms with Gasteiger partial charge in [-0.15, -0.1) is 0 Å². The van der Waals surface area contributed by atoms with Crippen LogP contribution in [0.2, 0.25) is 0 Å². The number of carbonyl (C=O) groups excluding carboxylic acids is 1. The Morgan fingerprint density at radius 2 is 1.64 bits per heavy atom. The highest BCUT2D eigenvalue weighted by molar-refractivity contribution is 7.92. The summed E-state index contributed by atoms with van der Waals surface area (Å²) in [6, 6.07) is 24.3. The van der Waals surface area contributed by atoms with E-state index in [-0.39, 0.29) is 5.91 Å². The van der Waals surface area contributed by atoms with Gasteiger partial charge in [0.05, 0.1) is 23.2 Å². The molecule has 1 aliphatic heterocycles. The molecular formula is C25H26N4O3S. The molecule has 0 aromatic heterocycles. The van der Waals surface area contributed by atoms with E-state index in [0.717, 1.165) is 22.5 Å². The Morgan fingerprint density at radius 1 is 0.970 bits per heavy atom. The number of hydrogen-bond donors (Lipinski definition) is 3. The summed E-state index contributed by atoms with van der Waals surface area (Å²) in [7, 11) is -3.43. The van der Waals surface area contributed by atoms with Gasteiger partial charge in [0.1, 0.15) is 0 Å². The van der Waals surface area contributed by atoms with Crippen molar-refractivity contribution in [2.75, 3.05) is 34.3 Å². The smallest absolute Gasteiger partial charge is 0.258 e. The Morgan fingerprint density at radius 3 is 2.30 bits per heavy atom. The Balaban J connectivity index is 1.73. The average Bonchev–Trinajstić information content (AvgIpc) is 3.14. The molecule has 1 amide bonds. The topological polar surface area (TPSA) is 105 Å². The van der Waals surface area contributed by atoms with Crippen LogP contribution in [0.4, 0.5) is 17.1 Å². The highest BCUT2D eigenvalue weighted by Crippen LogP contribution is 2.37. The Kier molecular flexibility index (Phi) is 6.48. The maximum atomic E-state index is 12.9. The first-order valence-corrected chi connectivity index (χ1v) is 12.5. The number of anilines is 3. The predicted octanol–water partition coefficient (Wildman–Crippen LogP) is 3.73. The predicted molar refractivity (Wildman–Crippen MR) is 134 cm³/mol. The van der Waals surface area contributed by atoms with Crippen LogP contribution in [0.3, 0.4) is 0 Å². The van der Waals surface area contributed by atoms with Crippen molar-refractivity contribution in [2.24, 2.45) is 5.73 Å². The number of nitrogens with one attached hydrogen (secondary N) is 2. The number of para-hydroxylation sites is 1. The summed E-state index contributed by atoms with van der Waals surface area (Å²) >= 11 is 0. The zero-order valence-electron chi connectivity index (χ0n) is 18.3. The maximum Gasteiger partial charge on any atom is 0.258 e. The molecular weight excluding hydrogens is 436 g/mol. The Labute approximate surface area is 194 Å². The van der Waals surface area contributed by atoms with Crippen LogP contribution in [0, 0.1) is 0 Å². The first-order chi connectivity index (χ1) is 15.9. The summed E-state index contributed by atoms with van der Waals surface area (Å²) in [5.41, 5.74) is 10.6. The zero-order chi connectivity index (χ0) is 23.4. The number of rotatable bonds is 8. The van der Waals surface area contributed by atoms with Crippen LogP contribution in [0.5, 0.6) is 0 Å². The lowest BCUT2D eigenvalue weighted by molar-refractivity contribution is -0.110. The lowest BCUT2D eigenvalue weighted by Crippen LogP contribution is -2.31. The molecule has 0 saturated carbocycles. The average molecular weight is 463 g/mol. The minimum atomic E-state index is -3.43. The van der Waals surface area contributed by atoms with E-state index in [9.17, 15) is 13.2 Å². The van der Waals surface area contributed by atoms with E-state index in [1.807, 2.05) is 54.6 Å². The monoisotopic (exact) mass is 462 g/mol. The maximum absolute atomic E-state index is 12.9. The molecule has 0 unspecified atom stereocenters. The van der Waals surface area contributed by atoms with E-state index in [4.69, 9.17) is 5.73 Å². The lowest BCUT2D eigenvalue weighted by atomic mass is 10.00. The quantitative estimate of drug-likeness (QED) is 0.443. The molecule has 1 heterocycles. The Hall–Kier alpha value is -3.62. The highest BCUT2D eigenvalue weighted by atomic mass is 32.2. The summed E-state index contributed by atoms with van der Waals surface area (Å²) in [4.78, 5) is 12.9. The van der Waals surface area contributed by atoms with Crippen LogP contribution in [-0.4, -0.2) is 33.7 Å². The fraction of sp³-hybridized carbons (Fsp3) is 0.160. The van der Waals surface area contributed by atoms with Gasteiger partial charge in [-0.2, -0.15) is 0 Å². The molecule has 1 aliphatic rings. The third-order valence-electron chi connectivity index (χ3n) is 5.37. The van der Waals surface area contributed by atoms with Crippen LogP contribution in [0.15, 0.2) is 78.9 Å². The second-order valence-electron chi connectivity index (χ2n) is 7.76. The van der Waals surface area contributed by atoms with Crippen molar-refractivity contribution in [2.45, 2.75) is 6.42 Å². The standard InChI is InChI=1S/C25H26N4O3S/c1-33(31,32)29(17-7-16-26)20-14-12-19(13-15-20)27-24(18-8-3-2-4-9-18)23-21-10-5-6-11-22(21)28-25(23)30/h2-6,8-15,27H,7,16-17,26H2,1H3,(H,28,30)/b24-23-.